The zero-order valence-corrected chi connectivity index (χ0v) is 20.6. The SMILES string of the molecule is c1cc2cc3cc(C45CCC6CC(CC6C4)C5)ccc3cc2cc1C12CCC3CC(CC3C1)C2. The largest absolute Gasteiger partial charge is 0.0578 e. The van der Waals surface area contributed by atoms with Gasteiger partial charge in [-0.05, 0) is 168 Å². The Morgan fingerprint density at radius 3 is 1.44 bits per heavy atom. The predicted molar refractivity (Wildman–Crippen MR) is 141 cm³/mol. The van der Waals surface area contributed by atoms with Gasteiger partial charge in [0.2, 0.25) is 0 Å². The quantitative estimate of drug-likeness (QED) is 0.345. The first-order valence-corrected chi connectivity index (χ1v) is 14.6. The molecule has 0 N–H and O–H groups in total. The van der Waals surface area contributed by atoms with Crippen molar-refractivity contribution in [3.63, 3.8) is 0 Å². The van der Waals surface area contributed by atoms with E-state index in [4.69, 9.17) is 0 Å². The third-order valence-corrected chi connectivity index (χ3v) is 12.6. The number of fused-ring (bicyclic) bond motifs is 6. The molecule has 0 radical (unpaired) electrons. The lowest BCUT2D eigenvalue weighted by molar-refractivity contribution is 0.139. The monoisotopic (exact) mass is 446 g/mol. The Morgan fingerprint density at radius 2 is 0.941 bits per heavy atom. The van der Waals surface area contributed by atoms with Gasteiger partial charge >= 0.3 is 0 Å². The van der Waals surface area contributed by atoms with Crippen LogP contribution < -0.4 is 0 Å². The standard InChI is InChI=1S/C34H38/c1-3-31(33-7-5-25-9-21(17-33)11-29(25)19-33)15-27-14-24-2-4-32(16-28(24)13-23(1)27)34-8-6-26-10-22(18-34)12-30(26)20-34/h1-4,13-16,21-22,25-26,29-30H,5-12,17-20H2. The molecule has 6 aliphatic carbocycles. The predicted octanol–water partition coefficient (Wildman–Crippen LogP) is 8.93. The highest BCUT2D eigenvalue weighted by molar-refractivity contribution is 5.98. The molecule has 8 atom stereocenters. The summed E-state index contributed by atoms with van der Waals surface area (Å²) in [6, 6.07) is 20.2. The molecule has 0 aliphatic heterocycles. The molecule has 8 unspecified atom stereocenters. The Balaban J connectivity index is 1.11. The minimum atomic E-state index is 0.492. The minimum absolute atomic E-state index is 0.492. The lowest BCUT2D eigenvalue weighted by Crippen LogP contribution is -2.37. The lowest BCUT2D eigenvalue weighted by atomic mass is 9.59. The van der Waals surface area contributed by atoms with Crippen molar-refractivity contribution in [1.29, 1.82) is 0 Å². The molecule has 6 aliphatic rings. The number of benzene rings is 3. The van der Waals surface area contributed by atoms with Crippen molar-refractivity contribution in [3.8, 4) is 0 Å². The van der Waals surface area contributed by atoms with Crippen LogP contribution in [0.15, 0.2) is 48.5 Å². The van der Waals surface area contributed by atoms with E-state index in [1.54, 1.807) is 11.1 Å². The molecule has 174 valence electrons. The first-order valence-electron chi connectivity index (χ1n) is 14.6. The second kappa shape index (κ2) is 6.48. The highest BCUT2D eigenvalue weighted by Crippen LogP contribution is 2.62. The summed E-state index contributed by atoms with van der Waals surface area (Å²) >= 11 is 0. The van der Waals surface area contributed by atoms with E-state index in [1.807, 2.05) is 0 Å². The van der Waals surface area contributed by atoms with Gasteiger partial charge < -0.3 is 0 Å². The van der Waals surface area contributed by atoms with Crippen LogP contribution in [0.4, 0.5) is 0 Å². The molecule has 0 heterocycles. The third kappa shape index (κ3) is 2.56. The van der Waals surface area contributed by atoms with Crippen LogP contribution in [0.5, 0.6) is 0 Å². The van der Waals surface area contributed by atoms with E-state index < -0.39 is 0 Å². The molecule has 0 spiro atoms. The topological polar surface area (TPSA) is 0 Å². The van der Waals surface area contributed by atoms with E-state index in [1.165, 1.54) is 98.6 Å². The van der Waals surface area contributed by atoms with Gasteiger partial charge in [-0.1, -0.05) is 36.4 Å². The van der Waals surface area contributed by atoms with Gasteiger partial charge in [-0.25, -0.2) is 0 Å². The second-order valence-electron chi connectivity index (χ2n) is 14.1. The molecule has 34 heavy (non-hydrogen) atoms. The average Bonchev–Trinajstić information content (AvgIpc) is 3.19. The van der Waals surface area contributed by atoms with E-state index in [-0.39, 0.29) is 0 Å². The fourth-order valence-electron chi connectivity index (χ4n) is 11.2. The summed E-state index contributed by atoms with van der Waals surface area (Å²) in [5.41, 5.74) is 4.32. The Hall–Kier alpha value is -1.82. The maximum Gasteiger partial charge on any atom is -0.00413 e. The van der Waals surface area contributed by atoms with Gasteiger partial charge in [0.05, 0.1) is 0 Å². The molecule has 0 heteroatoms. The van der Waals surface area contributed by atoms with Crippen LogP contribution in [0.3, 0.4) is 0 Å². The van der Waals surface area contributed by atoms with Crippen molar-refractivity contribution >= 4 is 21.5 Å². The van der Waals surface area contributed by atoms with Crippen molar-refractivity contribution in [2.75, 3.05) is 0 Å². The van der Waals surface area contributed by atoms with E-state index in [0.717, 1.165) is 35.5 Å². The fourth-order valence-corrected chi connectivity index (χ4v) is 11.2. The van der Waals surface area contributed by atoms with E-state index in [2.05, 4.69) is 48.5 Å². The lowest BCUT2D eigenvalue weighted by Gasteiger charge is -2.46. The Bertz CT molecular complexity index is 1220. The van der Waals surface area contributed by atoms with Crippen molar-refractivity contribution < 1.29 is 0 Å². The summed E-state index contributed by atoms with van der Waals surface area (Å²) in [6.45, 7) is 0. The van der Waals surface area contributed by atoms with E-state index in [0.29, 0.717) is 10.8 Å². The molecule has 3 aromatic carbocycles. The maximum absolute atomic E-state index is 2.60. The van der Waals surface area contributed by atoms with Crippen LogP contribution in [0.1, 0.15) is 88.2 Å². The highest BCUT2D eigenvalue weighted by atomic mass is 14.6. The maximum atomic E-state index is 2.60. The van der Waals surface area contributed by atoms with Gasteiger partial charge in [0.15, 0.2) is 0 Å². The molecule has 6 bridgehead atoms. The Kier molecular flexibility index (Phi) is 3.70. The summed E-state index contributed by atoms with van der Waals surface area (Å²) in [5.74, 6) is 6.22. The smallest absolute Gasteiger partial charge is 0.00413 e. The van der Waals surface area contributed by atoms with Gasteiger partial charge in [-0.2, -0.15) is 0 Å². The Labute approximate surface area is 204 Å². The molecule has 6 saturated carbocycles. The molecule has 0 saturated heterocycles. The van der Waals surface area contributed by atoms with E-state index in [9.17, 15) is 0 Å². The van der Waals surface area contributed by atoms with Crippen LogP contribution in [0.2, 0.25) is 0 Å². The summed E-state index contributed by atoms with van der Waals surface area (Å²) in [6.07, 6.45) is 17.9. The van der Waals surface area contributed by atoms with Gasteiger partial charge in [0.25, 0.3) is 0 Å². The van der Waals surface area contributed by atoms with Crippen LogP contribution in [0.25, 0.3) is 21.5 Å². The summed E-state index contributed by atoms with van der Waals surface area (Å²) < 4.78 is 0. The summed E-state index contributed by atoms with van der Waals surface area (Å²) in [4.78, 5) is 0. The number of hydrogen-bond acceptors (Lipinski definition) is 0. The molecular weight excluding hydrogens is 408 g/mol. The van der Waals surface area contributed by atoms with Gasteiger partial charge in [0, 0.05) is 0 Å². The molecule has 0 aromatic heterocycles. The zero-order valence-electron chi connectivity index (χ0n) is 20.6. The molecule has 3 aromatic rings. The van der Waals surface area contributed by atoms with Crippen LogP contribution in [-0.2, 0) is 10.8 Å². The number of hydrogen-bond donors (Lipinski definition) is 0. The molecule has 9 rings (SSSR count). The molecular formula is C34H38. The number of rotatable bonds is 2. The van der Waals surface area contributed by atoms with Crippen molar-refractivity contribution in [2.45, 2.75) is 87.9 Å². The van der Waals surface area contributed by atoms with Crippen LogP contribution in [0, 0.1) is 35.5 Å². The summed E-state index contributed by atoms with van der Waals surface area (Å²) in [7, 11) is 0. The van der Waals surface area contributed by atoms with Crippen LogP contribution >= 0.6 is 0 Å². The molecule has 6 fully saturated rings. The van der Waals surface area contributed by atoms with Gasteiger partial charge in [-0.3, -0.25) is 0 Å². The highest BCUT2D eigenvalue weighted by Gasteiger charge is 2.53. The van der Waals surface area contributed by atoms with Crippen LogP contribution in [-0.4, -0.2) is 0 Å². The molecule has 0 amide bonds. The second-order valence-corrected chi connectivity index (χ2v) is 14.1. The minimum Gasteiger partial charge on any atom is -0.0578 e. The summed E-state index contributed by atoms with van der Waals surface area (Å²) in [5, 5.41) is 5.84. The van der Waals surface area contributed by atoms with Gasteiger partial charge in [0.1, 0.15) is 0 Å². The van der Waals surface area contributed by atoms with Gasteiger partial charge in [-0.15, -0.1) is 0 Å². The zero-order chi connectivity index (χ0) is 22.1. The average molecular weight is 447 g/mol. The van der Waals surface area contributed by atoms with Crippen molar-refractivity contribution in [3.05, 3.63) is 59.7 Å². The fraction of sp³-hybridized carbons (Fsp3) is 0.588. The van der Waals surface area contributed by atoms with Crippen molar-refractivity contribution in [2.24, 2.45) is 35.5 Å². The third-order valence-electron chi connectivity index (χ3n) is 12.6. The van der Waals surface area contributed by atoms with Crippen molar-refractivity contribution in [1.82, 2.24) is 0 Å². The molecule has 0 nitrogen and oxygen atoms in total. The van der Waals surface area contributed by atoms with E-state index >= 15 is 0 Å². The normalized spacial score (nSPS) is 43.9. The first kappa shape index (κ1) is 19.4. The first-order chi connectivity index (χ1) is 16.6. The Morgan fingerprint density at radius 1 is 0.471 bits per heavy atom.